The number of aryl methyl sites for hydroxylation is 1. The second kappa shape index (κ2) is 7.05. The summed E-state index contributed by atoms with van der Waals surface area (Å²) in [6.07, 6.45) is 12.8. The Labute approximate surface area is 110 Å². The Hall–Kier alpha value is -1.50. The molecule has 96 valence electrons. The van der Waals surface area contributed by atoms with E-state index >= 15 is 0 Å². The van der Waals surface area contributed by atoms with E-state index in [0.717, 1.165) is 25.0 Å². The standard InChI is InChI=1S/C17H22O/c1-18-17-13-7-12-16(14-17)11-6-5-10-15-8-3-2-4-9-15/h2-4,6,8-9,11,14,16H,5,7,10,12-13H2,1H3/b11-6+. The van der Waals surface area contributed by atoms with Gasteiger partial charge in [0.05, 0.1) is 12.9 Å². The molecule has 1 unspecified atom stereocenters. The van der Waals surface area contributed by atoms with E-state index in [1.807, 2.05) is 0 Å². The van der Waals surface area contributed by atoms with Crippen LogP contribution in [0.1, 0.15) is 31.2 Å². The van der Waals surface area contributed by atoms with Crippen LogP contribution in [0.15, 0.2) is 54.3 Å². The molecule has 0 radical (unpaired) electrons. The molecule has 0 heterocycles. The van der Waals surface area contributed by atoms with Crippen molar-refractivity contribution >= 4 is 0 Å². The van der Waals surface area contributed by atoms with Crippen LogP contribution in [0, 0.1) is 5.92 Å². The van der Waals surface area contributed by atoms with Crippen LogP contribution >= 0.6 is 0 Å². The Balaban J connectivity index is 1.78. The molecule has 1 aromatic rings. The van der Waals surface area contributed by atoms with E-state index in [2.05, 4.69) is 48.6 Å². The van der Waals surface area contributed by atoms with Crippen LogP contribution in [0.25, 0.3) is 0 Å². The van der Waals surface area contributed by atoms with Crippen LogP contribution < -0.4 is 0 Å². The van der Waals surface area contributed by atoms with Gasteiger partial charge in [0.15, 0.2) is 0 Å². The summed E-state index contributed by atoms with van der Waals surface area (Å²) in [7, 11) is 1.77. The zero-order chi connectivity index (χ0) is 12.6. The van der Waals surface area contributed by atoms with E-state index in [4.69, 9.17) is 4.74 Å². The Morgan fingerprint density at radius 2 is 2.11 bits per heavy atom. The number of rotatable bonds is 5. The summed E-state index contributed by atoms with van der Waals surface area (Å²) in [6, 6.07) is 10.7. The fraction of sp³-hybridized carbons (Fsp3) is 0.412. The van der Waals surface area contributed by atoms with Crippen molar-refractivity contribution in [2.24, 2.45) is 5.92 Å². The highest BCUT2D eigenvalue weighted by atomic mass is 16.5. The van der Waals surface area contributed by atoms with Gasteiger partial charge in [-0.25, -0.2) is 0 Å². The zero-order valence-corrected chi connectivity index (χ0v) is 11.1. The highest BCUT2D eigenvalue weighted by molar-refractivity contribution is 5.15. The van der Waals surface area contributed by atoms with Gasteiger partial charge in [-0.3, -0.25) is 0 Å². The number of ether oxygens (including phenoxy) is 1. The molecule has 0 fully saturated rings. The molecule has 0 N–H and O–H groups in total. The molecular weight excluding hydrogens is 220 g/mol. The van der Waals surface area contributed by atoms with E-state index in [1.165, 1.54) is 18.4 Å². The molecule has 1 aliphatic carbocycles. The minimum absolute atomic E-state index is 0.574. The Morgan fingerprint density at radius 3 is 2.89 bits per heavy atom. The van der Waals surface area contributed by atoms with Crippen molar-refractivity contribution in [3.8, 4) is 0 Å². The molecule has 1 heteroatoms. The lowest BCUT2D eigenvalue weighted by atomic mass is 9.94. The predicted molar refractivity (Wildman–Crippen MR) is 76.3 cm³/mol. The lowest BCUT2D eigenvalue weighted by Gasteiger charge is -2.17. The maximum Gasteiger partial charge on any atom is 0.0921 e. The van der Waals surface area contributed by atoms with Gasteiger partial charge in [-0.15, -0.1) is 0 Å². The zero-order valence-electron chi connectivity index (χ0n) is 11.1. The summed E-state index contributed by atoms with van der Waals surface area (Å²) in [5.41, 5.74) is 1.42. The first-order valence-corrected chi connectivity index (χ1v) is 6.84. The van der Waals surface area contributed by atoms with Gasteiger partial charge in [0.1, 0.15) is 0 Å². The van der Waals surface area contributed by atoms with Crippen molar-refractivity contribution < 1.29 is 4.74 Å². The Bertz CT molecular complexity index is 403. The van der Waals surface area contributed by atoms with E-state index in [-0.39, 0.29) is 0 Å². The quantitative estimate of drug-likeness (QED) is 0.690. The molecule has 0 saturated carbocycles. The predicted octanol–water partition coefficient (Wildman–Crippen LogP) is 4.51. The van der Waals surface area contributed by atoms with Crippen molar-refractivity contribution in [1.29, 1.82) is 0 Å². The van der Waals surface area contributed by atoms with Gasteiger partial charge in [-0.05, 0) is 43.2 Å². The van der Waals surface area contributed by atoms with Gasteiger partial charge in [-0.2, -0.15) is 0 Å². The molecular formula is C17H22O. The molecule has 1 nitrogen and oxygen atoms in total. The molecule has 0 aromatic heterocycles. The van der Waals surface area contributed by atoms with Gasteiger partial charge < -0.3 is 4.74 Å². The van der Waals surface area contributed by atoms with Crippen LogP contribution in [-0.4, -0.2) is 7.11 Å². The van der Waals surface area contributed by atoms with Crippen molar-refractivity contribution in [2.75, 3.05) is 7.11 Å². The summed E-state index contributed by atoms with van der Waals surface area (Å²) in [5, 5.41) is 0. The molecule has 0 spiro atoms. The Kier molecular flexibility index (Phi) is 5.07. The summed E-state index contributed by atoms with van der Waals surface area (Å²) < 4.78 is 5.32. The minimum atomic E-state index is 0.574. The van der Waals surface area contributed by atoms with Gasteiger partial charge in [0, 0.05) is 6.42 Å². The lowest BCUT2D eigenvalue weighted by molar-refractivity contribution is 0.261. The first-order chi connectivity index (χ1) is 8.88. The molecule has 1 atom stereocenters. The second-order valence-corrected chi connectivity index (χ2v) is 4.85. The third-order valence-corrected chi connectivity index (χ3v) is 3.45. The van der Waals surface area contributed by atoms with Crippen LogP contribution in [0.4, 0.5) is 0 Å². The lowest BCUT2D eigenvalue weighted by Crippen LogP contribution is -2.03. The van der Waals surface area contributed by atoms with Crippen LogP contribution in [0.3, 0.4) is 0 Å². The summed E-state index contributed by atoms with van der Waals surface area (Å²) in [4.78, 5) is 0. The van der Waals surface area contributed by atoms with Crippen LogP contribution in [0.5, 0.6) is 0 Å². The van der Waals surface area contributed by atoms with Crippen molar-refractivity contribution in [3.63, 3.8) is 0 Å². The normalized spacial score (nSPS) is 19.8. The third-order valence-electron chi connectivity index (χ3n) is 3.45. The van der Waals surface area contributed by atoms with E-state index in [1.54, 1.807) is 7.11 Å². The first-order valence-electron chi connectivity index (χ1n) is 6.84. The molecule has 18 heavy (non-hydrogen) atoms. The average molecular weight is 242 g/mol. The average Bonchev–Trinajstić information content (AvgIpc) is 2.45. The van der Waals surface area contributed by atoms with Gasteiger partial charge >= 0.3 is 0 Å². The summed E-state index contributed by atoms with van der Waals surface area (Å²) >= 11 is 0. The minimum Gasteiger partial charge on any atom is -0.501 e. The maximum atomic E-state index is 5.32. The number of benzene rings is 1. The smallest absolute Gasteiger partial charge is 0.0921 e. The highest BCUT2D eigenvalue weighted by Gasteiger charge is 2.10. The monoisotopic (exact) mass is 242 g/mol. The van der Waals surface area contributed by atoms with Crippen molar-refractivity contribution in [2.45, 2.75) is 32.1 Å². The fourth-order valence-corrected chi connectivity index (χ4v) is 2.41. The summed E-state index contributed by atoms with van der Waals surface area (Å²) in [5.74, 6) is 1.73. The summed E-state index contributed by atoms with van der Waals surface area (Å²) in [6.45, 7) is 0. The molecule has 0 amide bonds. The maximum absolute atomic E-state index is 5.32. The SMILES string of the molecule is COC1=CC(/C=C/CCc2ccccc2)CCC1. The molecule has 1 aliphatic rings. The van der Waals surface area contributed by atoms with Crippen molar-refractivity contribution in [3.05, 3.63) is 59.9 Å². The van der Waals surface area contributed by atoms with E-state index < -0.39 is 0 Å². The topological polar surface area (TPSA) is 9.23 Å². The van der Waals surface area contributed by atoms with Gasteiger partial charge in [0.2, 0.25) is 0 Å². The molecule has 2 rings (SSSR count). The van der Waals surface area contributed by atoms with Crippen LogP contribution in [0.2, 0.25) is 0 Å². The molecule has 0 bridgehead atoms. The molecule has 0 saturated heterocycles. The number of allylic oxidation sites excluding steroid dienone is 4. The molecule has 0 aliphatic heterocycles. The fourth-order valence-electron chi connectivity index (χ4n) is 2.41. The second-order valence-electron chi connectivity index (χ2n) is 4.85. The third kappa shape index (κ3) is 4.06. The highest BCUT2D eigenvalue weighted by Crippen LogP contribution is 2.24. The number of hydrogen-bond donors (Lipinski definition) is 0. The van der Waals surface area contributed by atoms with E-state index in [0.29, 0.717) is 5.92 Å². The Morgan fingerprint density at radius 1 is 1.28 bits per heavy atom. The van der Waals surface area contributed by atoms with Gasteiger partial charge in [-0.1, -0.05) is 42.5 Å². The molecule has 1 aromatic carbocycles. The van der Waals surface area contributed by atoms with Crippen LogP contribution in [-0.2, 0) is 11.2 Å². The number of hydrogen-bond acceptors (Lipinski definition) is 1. The largest absolute Gasteiger partial charge is 0.501 e. The number of methoxy groups -OCH3 is 1. The van der Waals surface area contributed by atoms with E-state index in [9.17, 15) is 0 Å². The first kappa shape index (κ1) is 12.9. The van der Waals surface area contributed by atoms with Gasteiger partial charge in [0.25, 0.3) is 0 Å². The van der Waals surface area contributed by atoms with Crippen molar-refractivity contribution in [1.82, 2.24) is 0 Å².